The van der Waals surface area contributed by atoms with Crippen molar-refractivity contribution < 1.29 is 9.59 Å². The molecular formula is C21H29N3O2. The van der Waals surface area contributed by atoms with Crippen molar-refractivity contribution in [2.24, 2.45) is 11.8 Å². The molecule has 26 heavy (non-hydrogen) atoms. The summed E-state index contributed by atoms with van der Waals surface area (Å²) in [5.41, 5.74) is 1.02. The Labute approximate surface area is 155 Å². The Bertz CT molecular complexity index is 621. The van der Waals surface area contributed by atoms with Gasteiger partial charge in [-0.3, -0.25) is 14.6 Å². The number of rotatable bonds is 6. The average Bonchev–Trinajstić information content (AvgIpc) is 2.72. The zero-order valence-corrected chi connectivity index (χ0v) is 15.4. The first-order valence-electron chi connectivity index (χ1n) is 9.82. The highest BCUT2D eigenvalue weighted by Gasteiger charge is 2.28. The van der Waals surface area contributed by atoms with Gasteiger partial charge in [0.2, 0.25) is 11.8 Å². The Balaban J connectivity index is 1.33. The zero-order chi connectivity index (χ0) is 18.2. The van der Waals surface area contributed by atoms with E-state index in [-0.39, 0.29) is 11.8 Å². The first kappa shape index (κ1) is 18.6. The predicted octanol–water partition coefficient (Wildman–Crippen LogP) is 3.07. The molecular weight excluding hydrogens is 326 g/mol. The fourth-order valence-electron chi connectivity index (χ4n) is 3.85. The van der Waals surface area contributed by atoms with Crippen LogP contribution in [-0.4, -0.2) is 34.8 Å². The molecule has 1 aliphatic carbocycles. The molecule has 2 aliphatic rings. The minimum atomic E-state index is 0.0985. The second-order valence-electron chi connectivity index (χ2n) is 7.43. The van der Waals surface area contributed by atoms with Crippen molar-refractivity contribution in [3.05, 3.63) is 42.2 Å². The standard InChI is InChI=1S/C21H29N3O2/c25-20(23-16-18-5-4-12-22-15-18)9-8-17-10-13-24(14-11-17)21(26)19-6-2-1-3-7-19/h1-2,4-5,12,15,17,19H,3,6-11,13-14,16H2,(H,23,25)/t19-/m0/s1. The third-order valence-corrected chi connectivity index (χ3v) is 5.54. The Morgan fingerprint density at radius 3 is 2.73 bits per heavy atom. The largest absolute Gasteiger partial charge is 0.352 e. The van der Waals surface area contributed by atoms with E-state index in [9.17, 15) is 9.59 Å². The van der Waals surface area contributed by atoms with E-state index < -0.39 is 0 Å². The third kappa shape index (κ3) is 5.41. The molecule has 0 bridgehead atoms. The molecule has 5 nitrogen and oxygen atoms in total. The molecule has 1 aromatic rings. The molecule has 1 N–H and O–H groups in total. The Kier molecular flexibility index (Phi) is 6.81. The van der Waals surface area contributed by atoms with Crippen molar-refractivity contribution in [1.29, 1.82) is 0 Å². The molecule has 3 rings (SSSR count). The van der Waals surface area contributed by atoms with Gasteiger partial charge in [0.15, 0.2) is 0 Å². The van der Waals surface area contributed by atoms with Gasteiger partial charge in [-0.2, -0.15) is 0 Å². The van der Waals surface area contributed by atoms with Crippen molar-refractivity contribution in [3.8, 4) is 0 Å². The summed E-state index contributed by atoms with van der Waals surface area (Å²) in [4.78, 5) is 30.7. The maximum atomic E-state index is 12.6. The quantitative estimate of drug-likeness (QED) is 0.798. The highest BCUT2D eigenvalue weighted by Crippen LogP contribution is 2.26. The number of carbonyl (C=O) groups excluding carboxylic acids is 2. The number of carbonyl (C=O) groups is 2. The Hall–Kier alpha value is -2.17. The van der Waals surface area contributed by atoms with Crippen LogP contribution in [0, 0.1) is 11.8 Å². The van der Waals surface area contributed by atoms with Gasteiger partial charge in [0, 0.05) is 44.4 Å². The van der Waals surface area contributed by atoms with Gasteiger partial charge in [0.05, 0.1) is 0 Å². The van der Waals surface area contributed by atoms with Gasteiger partial charge in [-0.05, 0) is 56.1 Å². The minimum absolute atomic E-state index is 0.0985. The first-order chi connectivity index (χ1) is 12.7. The molecule has 0 unspecified atom stereocenters. The number of likely N-dealkylation sites (tertiary alicyclic amines) is 1. The number of hydrogen-bond donors (Lipinski definition) is 1. The van der Waals surface area contributed by atoms with E-state index in [0.717, 1.165) is 57.2 Å². The molecule has 1 aromatic heterocycles. The number of allylic oxidation sites excluding steroid dienone is 2. The van der Waals surface area contributed by atoms with E-state index in [1.165, 1.54) is 0 Å². The minimum Gasteiger partial charge on any atom is -0.352 e. The van der Waals surface area contributed by atoms with Crippen LogP contribution in [0.25, 0.3) is 0 Å². The molecule has 0 aromatic carbocycles. The number of hydrogen-bond acceptors (Lipinski definition) is 3. The van der Waals surface area contributed by atoms with Crippen molar-refractivity contribution in [3.63, 3.8) is 0 Å². The van der Waals surface area contributed by atoms with E-state index in [1.807, 2.05) is 17.0 Å². The molecule has 1 saturated heterocycles. The van der Waals surface area contributed by atoms with Crippen LogP contribution in [0.3, 0.4) is 0 Å². The molecule has 0 saturated carbocycles. The van der Waals surface area contributed by atoms with Crippen LogP contribution >= 0.6 is 0 Å². The van der Waals surface area contributed by atoms with Gasteiger partial charge in [-0.25, -0.2) is 0 Å². The summed E-state index contributed by atoms with van der Waals surface area (Å²) in [6.45, 7) is 2.23. The van der Waals surface area contributed by atoms with Crippen molar-refractivity contribution >= 4 is 11.8 Å². The number of piperidine rings is 1. The Morgan fingerprint density at radius 1 is 1.19 bits per heavy atom. The normalized spacial score (nSPS) is 20.8. The fourth-order valence-corrected chi connectivity index (χ4v) is 3.85. The lowest BCUT2D eigenvalue weighted by molar-refractivity contribution is -0.137. The van der Waals surface area contributed by atoms with Crippen LogP contribution in [0.1, 0.15) is 50.5 Å². The highest BCUT2D eigenvalue weighted by molar-refractivity contribution is 5.79. The van der Waals surface area contributed by atoms with Crippen LogP contribution < -0.4 is 5.32 Å². The van der Waals surface area contributed by atoms with Crippen molar-refractivity contribution in [2.45, 2.75) is 51.5 Å². The molecule has 2 heterocycles. The topological polar surface area (TPSA) is 62.3 Å². The molecule has 5 heteroatoms. The van der Waals surface area contributed by atoms with Gasteiger partial charge >= 0.3 is 0 Å². The maximum Gasteiger partial charge on any atom is 0.226 e. The molecule has 0 radical (unpaired) electrons. The van der Waals surface area contributed by atoms with Crippen LogP contribution in [-0.2, 0) is 16.1 Å². The third-order valence-electron chi connectivity index (χ3n) is 5.54. The summed E-state index contributed by atoms with van der Waals surface area (Å²) in [7, 11) is 0. The summed E-state index contributed by atoms with van der Waals surface area (Å²) in [6.07, 6.45) is 14.2. The summed E-state index contributed by atoms with van der Waals surface area (Å²) >= 11 is 0. The van der Waals surface area contributed by atoms with Gasteiger partial charge in [0.25, 0.3) is 0 Å². The van der Waals surface area contributed by atoms with Gasteiger partial charge in [-0.1, -0.05) is 18.2 Å². The first-order valence-corrected chi connectivity index (χ1v) is 9.82. The van der Waals surface area contributed by atoms with Crippen LogP contribution in [0.5, 0.6) is 0 Å². The maximum absolute atomic E-state index is 12.6. The SMILES string of the molecule is O=C(CCC1CCN(C(=O)[C@H]2CC=CCC2)CC1)NCc1cccnc1. The second kappa shape index (κ2) is 9.51. The molecule has 1 atom stereocenters. The summed E-state index contributed by atoms with van der Waals surface area (Å²) in [6, 6.07) is 3.84. The molecule has 2 amide bonds. The smallest absolute Gasteiger partial charge is 0.226 e. The van der Waals surface area contributed by atoms with Gasteiger partial charge < -0.3 is 10.2 Å². The molecule has 0 spiro atoms. The molecule has 140 valence electrons. The number of aromatic nitrogens is 1. The van der Waals surface area contributed by atoms with Crippen molar-refractivity contribution in [2.75, 3.05) is 13.1 Å². The van der Waals surface area contributed by atoms with Crippen molar-refractivity contribution in [1.82, 2.24) is 15.2 Å². The summed E-state index contributed by atoms with van der Waals surface area (Å²) in [5.74, 6) is 1.17. The lowest BCUT2D eigenvalue weighted by Crippen LogP contribution is -2.42. The summed E-state index contributed by atoms with van der Waals surface area (Å²) in [5, 5.41) is 2.96. The highest BCUT2D eigenvalue weighted by atomic mass is 16.2. The van der Waals surface area contributed by atoms with E-state index in [2.05, 4.69) is 22.5 Å². The lowest BCUT2D eigenvalue weighted by atomic mass is 9.89. The Morgan fingerprint density at radius 2 is 2.04 bits per heavy atom. The molecule has 1 fully saturated rings. The van der Waals surface area contributed by atoms with E-state index in [4.69, 9.17) is 0 Å². The number of amides is 2. The van der Waals surface area contributed by atoms with Gasteiger partial charge in [-0.15, -0.1) is 0 Å². The average molecular weight is 355 g/mol. The van der Waals surface area contributed by atoms with E-state index in [0.29, 0.717) is 24.8 Å². The van der Waals surface area contributed by atoms with Gasteiger partial charge in [0.1, 0.15) is 0 Å². The van der Waals surface area contributed by atoms with E-state index >= 15 is 0 Å². The van der Waals surface area contributed by atoms with Crippen LogP contribution in [0.4, 0.5) is 0 Å². The zero-order valence-electron chi connectivity index (χ0n) is 15.4. The predicted molar refractivity (Wildman–Crippen MR) is 101 cm³/mol. The number of nitrogens with zero attached hydrogens (tertiary/aromatic N) is 2. The van der Waals surface area contributed by atoms with Crippen LogP contribution in [0.2, 0.25) is 0 Å². The van der Waals surface area contributed by atoms with Crippen LogP contribution in [0.15, 0.2) is 36.7 Å². The summed E-state index contributed by atoms with van der Waals surface area (Å²) < 4.78 is 0. The lowest BCUT2D eigenvalue weighted by Gasteiger charge is -2.34. The number of pyridine rings is 1. The fraction of sp³-hybridized carbons (Fsp3) is 0.571. The number of nitrogens with one attached hydrogen (secondary N) is 1. The van der Waals surface area contributed by atoms with E-state index in [1.54, 1.807) is 12.4 Å². The second-order valence-corrected chi connectivity index (χ2v) is 7.43. The molecule has 1 aliphatic heterocycles. The monoisotopic (exact) mass is 355 g/mol.